The molecule has 3 rings (SSSR count). The average molecular weight is 434 g/mol. The van der Waals surface area contributed by atoms with Gasteiger partial charge in [0.2, 0.25) is 0 Å². The van der Waals surface area contributed by atoms with E-state index in [1.54, 1.807) is 34.2 Å². The quantitative estimate of drug-likeness (QED) is 0.522. The number of pyridine rings is 1. The van der Waals surface area contributed by atoms with Crippen molar-refractivity contribution in [3.8, 4) is 0 Å². The number of halogens is 2. The highest BCUT2D eigenvalue weighted by Crippen LogP contribution is 2.28. The molecular weight excluding hydrogens is 409 g/mol. The average Bonchev–Trinajstić information content (AvgIpc) is 2.72. The van der Waals surface area contributed by atoms with Gasteiger partial charge in [-0.2, -0.15) is 0 Å². The topological polar surface area (TPSA) is 84.1 Å². The Bertz CT molecular complexity index is 931. The Balaban J connectivity index is 0.00000145. The van der Waals surface area contributed by atoms with Gasteiger partial charge in [0.15, 0.2) is 5.84 Å². The number of aryl methyl sites for hydroxylation is 1. The molecule has 1 unspecified atom stereocenters. The number of carbonyl (C=O) groups is 1. The molecule has 8 heteroatoms. The second-order valence-corrected chi connectivity index (χ2v) is 7.29. The van der Waals surface area contributed by atoms with Crippen molar-refractivity contribution in [3.63, 3.8) is 0 Å². The molecule has 1 fully saturated rings. The Morgan fingerprint density at radius 1 is 1.24 bits per heavy atom. The summed E-state index contributed by atoms with van der Waals surface area (Å²) in [4.78, 5) is 20.3. The maximum atomic E-state index is 12.9. The number of amidine groups is 2. The van der Waals surface area contributed by atoms with E-state index >= 15 is 0 Å². The Hall–Kier alpha value is -2.44. The van der Waals surface area contributed by atoms with Crippen molar-refractivity contribution in [3.05, 3.63) is 63.4 Å². The lowest BCUT2D eigenvalue weighted by Gasteiger charge is -2.41. The third kappa shape index (κ3) is 4.95. The lowest BCUT2D eigenvalue weighted by molar-refractivity contribution is 0.0683. The van der Waals surface area contributed by atoms with Crippen LogP contribution in [-0.2, 0) is 0 Å². The van der Waals surface area contributed by atoms with Crippen molar-refractivity contribution < 1.29 is 4.79 Å². The molecule has 1 atom stereocenters. The normalized spacial score (nSPS) is 16.2. The molecule has 6 nitrogen and oxygen atoms in total. The van der Waals surface area contributed by atoms with Crippen molar-refractivity contribution >= 4 is 40.8 Å². The van der Waals surface area contributed by atoms with Gasteiger partial charge in [-0.15, -0.1) is 0 Å². The molecule has 0 radical (unpaired) electrons. The number of hydrogen-bond donors (Lipinski definition) is 2. The number of benzene rings is 1. The van der Waals surface area contributed by atoms with E-state index in [9.17, 15) is 4.79 Å². The van der Waals surface area contributed by atoms with Crippen LogP contribution in [0.15, 0.2) is 36.5 Å². The monoisotopic (exact) mass is 433 g/mol. The molecule has 0 bridgehead atoms. The van der Waals surface area contributed by atoms with E-state index in [2.05, 4.69) is 4.98 Å². The van der Waals surface area contributed by atoms with Crippen molar-refractivity contribution in [1.29, 1.82) is 10.8 Å². The highest BCUT2D eigenvalue weighted by atomic mass is 35.5. The highest BCUT2D eigenvalue weighted by Gasteiger charge is 2.34. The molecule has 1 aromatic carbocycles. The summed E-state index contributed by atoms with van der Waals surface area (Å²) in [5.41, 5.74) is 1.81. The Labute approximate surface area is 181 Å². The van der Waals surface area contributed by atoms with Gasteiger partial charge in [0.05, 0.1) is 22.2 Å². The predicted molar refractivity (Wildman–Crippen MR) is 119 cm³/mol. The predicted octanol–water partition coefficient (Wildman–Crippen LogP) is 4.87. The van der Waals surface area contributed by atoms with E-state index in [1.165, 1.54) is 0 Å². The Morgan fingerprint density at radius 2 is 1.93 bits per heavy atom. The fourth-order valence-corrected chi connectivity index (χ4v) is 3.38. The number of hydrogen-bond acceptors (Lipinski definition) is 4. The first kappa shape index (κ1) is 22.8. The van der Waals surface area contributed by atoms with E-state index in [0.29, 0.717) is 22.8 Å². The lowest BCUT2D eigenvalue weighted by Crippen LogP contribution is -2.58. The minimum absolute atomic E-state index is 0.0804. The summed E-state index contributed by atoms with van der Waals surface area (Å²) in [5.74, 6) is 0.0379. The molecule has 2 N–H and O–H groups in total. The molecule has 0 spiro atoms. The van der Waals surface area contributed by atoms with Crippen molar-refractivity contribution in [1.82, 2.24) is 14.8 Å². The summed E-state index contributed by atoms with van der Waals surface area (Å²) < 4.78 is 0. The summed E-state index contributed by atoms with van der Waals surface area (Å²) in [7, 11) is 0. The van der Waals surface area contributed by atoms with Crippen LogP contribution in [0.5, 0.6) is 0 Å². The van der Waals surface area contributed by atoms with E-state index < -0.39 is 0 Å². The van der Waals surface area contributed by atoms with E-state index in [0.717, 1.165) is 5.56 Å². The maximum Gasteiger partial charge on any atom is 0.256 e. The summed E-state index contributed by atoms with van der Waals surface area (Å²) in [5, 5.41) is 17.3. The molecule has 1 saturated heterocycles. The maximum absolute atomic E-state index is 12.9. The summed E-state index contributed by atoms with van der Waals surface area (Å²) in [6, 6.07) is 8.37. The third-order valence-electron chi connectivity index (χ3n) is 4.50. The molecule has 0 saturated carbocycles. The second kappa shape index (κ2) is 9.85. The molecule has 29 heavy (non-hydrogen) atoms. The smallest absolute Gasteiger partial charge is 0.256 e. The van der Waals surface area contributed by atoms with Gasteiger partial charge < -0.3 is 9.80 Å². The highest BCUT2D eigenvalue weighted by molar-refractivity contribution is 6.43. The van der Waals surface area contributed by atoms with Crippen LogP contribution in [-0.4, -0.2) is 51.5 Å². The third-order valence-corrected chi connectivity index (χ3v) is 5.31. The zero-order chi connectivity index (χ0) is 21.7. The van der Waals surface area contributed by atoms with Gasteiger partial charge in [-0.05, 0) is 43.7 Å². The molecular formula is C21H25Cl2N5O. The van der Waals surface area contributed by atoms with Crippen LogP contribution < -0.4 is 0 Å². The minimum atomic E-state index is -0.278. The van der Waals surface area contributed by atoms with E-state index in [-0.39, 0.29) is 35.2 Å². The van der Waals surface area contributed by atoms with Gasteiger partial charge in [-0.25, -0.2) is 0 Å². The zero-order valence-electron chi connectivity index (χ0n) is 17.0. The van der Waals surface area contributed by atoms with Crippen LogP contribution in [0.3, 0.4) is 0 Å². The number of amides is 1. The first-order chi connectivity index (χ1) is 13.8. The largest absolute Gasteiger partial charge is 0.327 e. The van der Waals surface area contributed by atoms with Crippen LogP contribution in [0.25, 0.3) is 0 Å². The molecule has 2 aromatic rings. The SMILES string of the molecule is CC.Cc1ccnc(C(=N)N2CC(C)N(C(=O)c3cccc(Cl)c3Cl)CC2=N)c1. The number of carbonyl (C=O) groups excluding carboxylic acids is 1. The van der Waals surface area contributed by atoms with Crippen LogP contribution >= 0.6 is 23.2 Å². The standard InChI is InChI=1S/C19H19Cl2N5O.C2H6/c1-11-6-7-24-15(8-11)18(23)26-9-12(2)25(10-16(26)22)19(27)13-4-3-5-14(20)17(13)21;1-2/h3-8,12,22-23H,9-10H2,1-2H3;1-2H3. The van der Waals surface area contributed by atoms with E-state index in [4.69, 9.17) is 34.0 Å². The van der Waals surface area contributed by atoms with Crippen LogP contribution in [0, 0.1) is 17.7 Å². The lowest BCUT2D eigenvalue weighted by atomic mass is 10.1. The first-order valence-corrected chi connectivity index (χ1v) is 10.2. The van der Waals surface area contributed by atoms with Crippen LogP contribution in [0.1, 0.15) is 42.4 Å². The van der Waals surface area contributed by atoms with Gasteiger partial charge in [0.25, 0.3) is 5.91 Å². The van der Waals surface area contributed by atoms with Gasteiger partial charge in [-0.3, -0.25) is 20.6 Å². The molecule has 1 aliphatic heterocycles. The minimum Gasteiger partial charge on any atom is -0.327 e. The summed E-state index contributed by atoms with van der Waals surface area (Å²) in [6.07, 6.45) is 1.65. The summed E-state index contributed by atoms with van der Waals surface area (Å²) in [6.45, 7) is 8.22. The number of piperazine rings is 1. The number of nitrogens with zero attached hydrogens (tertiary/aromatic N) is 3. The van der Waals surface area contributed by atoms with Crippen molar-refractivity contribution in [2.45, 2.75) is 33.7 Å². The molecule has 2 heterocycles. The van der Waals surface area contributed by atoms with Crippen LogP contribution in [0.4, 0.5) is 0 Å². The van der Waals surface area contributed by atoms with Crippen molar-refractivity contribution in [2.75, 3.05) is 13.1 Å². The number of rotatable bonds is 2. The van der Waals surface area contributed by atoms with Gasteiger partial charge >= 0.3 is 0 Å². The fourth-order valence-electron chi connectivity index (χ4n) is 3.00. The van der Waals surface area contributed by atoms with Crippen LogP contribution in [0.2, 0.25) is 10.0 Å². The fraction of sp³-hybridized carbons (Fsp3) is 0.333. The molecule has 154 valence electrons. The molecule has 1 aromatic heterocycles. The van der Waals surface area contributed by atoms with Gasteiger partial charge in [0, 0.05) is 18.8 Å². The zero-order valence-corrected chi connectivity index (χ0v) is 18.5. The molecule has 1 aliphatic rings. The second-order valence-electron chi connectivity index (χ2n) is 6.51. The Morgan fingerprint density at radius 3 is 2.59 bits per heavy atom. The molecule has 0 aliphatic carbocycles. The molecule has 1 amide bonds. The van der Waals surface area contributed by atoms with Crippen molar-refractivity contribution in [2.24, 2.45) is 0 Å². The number of nitrogens with one attached hydrogen (secondary N) is 2. The first-order valence-electron chi connectivity index (χ1n) is 9.41. The van der Waals surface area contributed by atoms with Gasteiger partial charge in [0.1, 0.15) is 11.5 Å². The number of aromatic nitrogens is 1. The Kier molecular flexibility index (Phi) is 7.76. The van der Waals surface area contributed by atoms with Gasteiger partial charge in [-0.1, -0.05) is 43.1 Å². The summed E-state index contributed by atoms with van der Waals surface area (Å²) >= 11 is 12.2. The van der Waals surface area contributed by atoms with E-state index in [1.807, 2.05) is 39.8 Å².